The molecule has 0 radical (unpaired) electrons. The van der Waals surface area contributed by atoms with Crippen molar-refractivity contribution in [2.75, 3.05) is 0 Å². The van der Waals surface area contributed by atoms with Crippen LogP contribution in [0.15, 0.2) is 34.9 Å². The first-order chi connectivity index (χ1) is 9.29. The molecule has 20 heavy (non-hydrogen) atoms. The van der Waals surface area contributed by atoms with Gasteiger partial charge in [-0.05, 0) is 16.9 Å². The number of hydrogen-bond acceptors (Lipinski definition) is 3. The summed E-state index contributed by atoms with van der Waals surface area (Å²) >= 11 is 0. The first-order valence-corrected chi connectivity index (χ1v) is 7.11. The maximum atomic E-state index is 6.05. The van der Waals surface area contributed by atoms with Gasteiger partial charge in [-0.15, -0.1) is 0 Å². The zero-order valence-corrected chi connectivity index (χ0v) is 13.0. The Balaban J connectivity index is 2.25. The van der Waals surface area contributed by atoms with Gasteiger partial charge in [-0.2, -0.15) is 0 Å². The van der Waals surface area contributed by atoms with E-state index >= 15 is 0 Å². The summed E-state index contributed by atoms with van der Waals surface area (Å²) in [7, 11) is 0. The molecule has 3 heteroatoms. The number of hydrogen-bond donors (Lipinski definition) is 1. The molecule has 2 N–H and O–H groups in total. The topological polar surface area (TPSA) is 52.0 Å². The van der Waals surface area contributed by atoms with Gasteiger partial charge in [0.05, 0.1) is 12.2 Å². The molecule has 1 aromatic carbocycles. The van der Waals surface area contributed by atoms with Crippen LogP contribution in [-0.4, -0.2) is 4.98 Å². The van der Waals surface area contributed by atoms with Crippen molar-refractivity contribution in [2.24, 2.45) is 11.7 Å². The van der Waals surface area contributed by atoms with Crippen molar-refractivity contribution in [1.82, 2.24) is 4.98 Å². The second-order valence-corrected chi connectivity index (χ2v) is 6.66. The lowest BCUT2D eigenvalue weighted by molar-refractivity contribution is 0.394. The fourth-order valence-corrected chi connectivity index (χ4v) is 1.99. The standard InChI is InChI=1S/C17H24N2O/c1-11(2)15(18)16-19-10-14(20-16)12-6-8-13(9-7-12)17(3,4)5/h6-11,15H,18H2,1-5H3. The molecule has 0 bridgehead atoms. The van der Waals surface area contributed by atoms with Crippen LogP contribution in [0.4, 0.5) is 0 Å². The first-order valence-electron chi connectivity index (χ1n) is 7.11. The third-order valence-electron chi connectivity index (χ3n) is 3.56. The van der Waals surface area contributed by atoms with Crippen LogP contribution >= 0.6 is 0 Å². The second-order valence-electron chi connectivity index (χ2n) is 6.66. The highest BCUT2D eigenvalue weighted by molar-refractivity contribution is 5.57. The molecule has 0 aliphatic heterocycles. The van der Waals surface area contributed by atoms with Gasteiger partial charge >= 0.3 is 0 Å². The minimum absolute atomic E-state index is 0.155. The normalized spacial score (nSPS) is 13.8. The second kappa shape index (κ2) is 5.41. The van der Waals surface area contributed by atoms with E-state index in [1.165, 1.54) is 5.56 Å². The Morgan fingerprint density at radius 3 is 2.20 bits per heavy atom. The molecule has 2 rings (SSSR count). The summed E-state index contributed by atoms with van der Waals surface area (Å²) in [6.45, 7) is 10.7. The Morgan fingerprint density at radius 2 is 1.70 bits per heavy atom. The Labute approximate surface area is 121 Å². The molecule has 3 nitrogen and oxygen atoms in total. The molecule has 108 valence electrons. The van der Waals surface area contributed by atoms with Gasteiger partial charge in [0, 0.05) is 5.56 Å². The highest BCUT2D eigenvalue weighted by atomic mass is 16.4. The third-order valence-corrected chi connectivity index (χ3v) is 3.56. The number of oxazole rings is 1. The Morgan fingerprint density at radius 1 is 1.10 bits per heavy atom. The third kappa shape index (κ3) is 3.10. The average molecular weight is 272 g/mol. The molecule has 1 unspecified atom stereocenters. The quantitative estimate of drug-likeness (QED) is 0.906. The molecule has 0 amide bonds. The lowest BCUT2D eigenvalue weighted by Crippen LogP contribution is -2.16. The Kier molecular flexibility index (Phi) is 4.00. The number of benzene rings is 1. The van der Waals surface area contributed by atoms with Crippen molar-refractivity contribution >= 4 is 0 Å². The van der Waals surface area contributed by atoms with E-state index in [0.29, 0.717) is 11.8 Å². The zero-order chi connectivity index (χ0) is 14.9. The van der Waals surface area contributed by atoms with E-state index < -0.39 is 0 Å². The molecule has 0 aliphatic carbocycles. The summed E-state index contributed by atoms with van der Waals surface area (Å²) in [6, 6.07) is 8.27. The van der Waals surface area contributed by atoms with Gasteiger partial charge in [0.15, 0.2) is 5.76 Å². The number of nitrogens with two attached hydrogens (primary N) is 1. The molecule has 0 aliphatic rings. The molecule has 1 atom stereocenters. The van der Waals surface area contributed by atoms with Gasteiger partial charge in [-0.25, -0.2) is 4.98 Å². The van der Waals surface area contributed by atoms with Gasteiger partial charge in [0.2, 0.25) is 5.89 Å². The molecule has 1 heterocycles. The molecule has 0 fully saturated rings. The maximum absolute atomic E-state index is 6.05. The Bertz CT molecular complexity index is 561. The number of nitrogens with zero attached hydrogens (tertiary/aromatic N) is 1. The van der Waals surface area contributed by atoms with E-state index in [4.69, 9.17) is 10.2 Å². The zero-order valence-electron chi connectivity index (χ0n) is 13.0. The summed E-state index contributed by atoms with van der Waals surface area (Å²) < 4.78 is 5.78. The van der Waals surface area contributed by atoms with Gasteiger partial charge in [-0.1, -0.05) is 58.9 Å². The van der Waals surface area contributed by atoms with Crippen molar-refractivity contribution in [3.8, 4) is 11.3 Å². The largest absolute Gasteiger partial charge is 0.439 e. The summed E-state index contributed by atoms with van der Waals surface area (Å²) in [5.74, 6) is 1.69. The van der Waals surface area contributed by atoms with Crippen LogP contribution in [0.5, 0.6) is 0 Å². The van der Waals surface area contributed by atoms with Crippen LogP contribution in [0.25, 0.3) is 11.3 Å². The summed E-state index contributed by atoms with van der Waals surface area (Å²) in [5, 5.41) is 0. The minimum Gasteiger partial charge on any atom is -0.439 e. The van der Waals surface area contributed by atoms with Crippen molar-refractivity contribution in [1.29, 1.82) is 0 Å². The fourth-order valence-electron chi connectivity index (χ4n) is 1.99. The van der Waals surface area contributed by atoms with Crippen molar-refractivity contribution < 1.29 is 4.42 Å². The molecule has 1 aromatic heterocycles. The van der Waals surface area contributed by atoms with E-state index in [-0.39, 0.29) is 11.5 Å². The van der Waals surface area contributed by atoms with E-state index in [2.05, 4.69) is 63.9 Å². The predicted octanol–water partition coefficient (Wildman–Crippen LogP) is 4.29. The van der Waals surface area contributed by atoms with Crippen molar-refractivity contribution in [3.05, 3.63) is 41.9 Å². The highest BCUT2D eigenvalue weighted by Gasteiger charge is 2.18. The number of aromatic nitrogens is 1. The van der Waals surface area contributed by atoms with E-state index in [1.54, 1.807) is 6.20 Å². The van der Waals surface area contributed by atoms with Gasteiger partial charge in [0.1, 0.15) is 0 Å². The smallest absolute Gasteiger partial charge is 0.212 e. The molecule has 0 spiro atoms. The van der Waals surface area contributed by atoms with Crippen LogP contribution in [0.3, 0.4) is 0 Å². The molecule has 0 saturated heterocycles. The van der Waals surface area contributed by atoms with Crippen molar-refractivity contribution in [2.45, 2.75) is 46.1 Å². The predicted molar refractivity (Wildman–Crippen MR) is 82.4 cm³/mol. The summed E-state index contributed by atoms with van der Waals surface area (Å²) in [6.07, 6.45) is 1.75. The fraction of sp³-hybridized carbons (Fsp3) is 0.471. The highest BCUT2D eigenvalue weighted by Crippen LogP contribution is 2.28. The first kappa shape index (κ1) is 14.8. The maximum Gasteiger partial charge on any atom is 0.212 e. The van der Waals surface area contributed by atoms with Crippen LogP contribution in [-0.2, 0) is 5.41 Å². The van der Waals surface area contributed by atoms with Crippen LogP contribution in [0.2, 0.25) is 0 Å². The monoisotopic (exact) mass is 272 g/mol. The lowest BCUT2D eigenvalue weighted by atomic mass is 9.86. The lowest BCUT2D eigenvalue weighted by Gasteiger charge is -2.18. The molecular weight excluding hydrogens is 248 g/mol. The SMILES string of the molecule is CC(C)C(N)c1ncc(-c2ccc(C(C)(C)C)cc2)o1. The van der Waals surface area contributed by atoms with Gasteiger partial charge < -0.3 is 10.2 Å². The molecular formula is C17H24N2O. The van der Waals surface area contributed by atoms with E-state index in [1.807, 2.05) is 0 Å². The van der Waals surface area contributed by atoms with Crippen LogP contribution in [0, 0.1) is 5.92 Å². The number of rotatable bonds is 3. The van der Waals surface area contributed by atoms with Crippen LogP contribution in [0.1, 0.15) is 52.1 Å². The minimum atomic E-state index is -0.155. The average Bonchev–Trinajstić information content (AvgIpc) is 2.86. The van der Waals surface area contributed by atoms with Gasteiger partial charge in [-0.3, -0.25) is 0 Å². The molecule has 2 aromatic rings. The summed E-state index contributed by atoms with van der Waals surface area (Å²) in [5.41, 5.74) is 8.55. The van der Waals surface area contributed by atoms with E-state index in [0.717, 1.165) is 11.3 Å². The van der Waals surface area contributed by atoms with Gasteiger partial charge in [0.25, 0.3) is 0 Å². The summed E-state index contributed by atoms with van der Waals surface area (Å²) in [4.78, 5) is 4.29. The van der Waals surface area contributed by atoms with Crippen LogP contribution < -0.4 is 5.73 Å². The Hall–Kier alpha value is -1.61. The molecule has 0 saturated carbocycles. The van der Waals surface area contributed by atoms with E-state index in [9.17, 15) is 0 Å². The van der Waals surface area contributed by atoms with Crippen molar-refractivity contribution in [3.63, 3.8) is 0 Å².